The van der Waals surface area contributed by atoms with Crippen LogP contribution in [-0.2, 0) is 16.0 Å². The van der Waals surface area contributed by atoms with Crippen molar-refractivity contribution in [3.63, 3.8) is 0 Å². The monoisotopic (exact) mass is 495 g/mol. The summed E-state index contributed by atoms with van der Waals surface area (Å²) < 4.78 is 12.8. The van der Waals surface area contributed by atoms with Gasteiger partial charge in [-0.15, -0.1) is 6.42 Å². The lowest BCUT2D eigenvalue weighted by Gasteiger charge is -2.23. The SMILES string of the molecule is C#CCOc1ccc(C[C@H](N)C(=O)N[C@@H]2C(O)[C@H](n3cnc4c(N(C)C)ncnc43)O[C@@H]2CO)cc1. The highest BCUT2D eigenvalue weighted by atomic mass is 16.5. The third-order valence-electron chi connectivity index (χ3n) is 5.94. The van der Waals surface area contributed by atoms with Gasteiger partial charge in [-0.3, -0.25) is 9.36 Å². The number of nitrogens with one attached hydrogen (secondary N) is 1. The molecule has 4 rings (SSSR count). The molecule has 1 aromatic carbocycles. The molecule has 1 aliphatic rings. The smallest absolute Gasteiger partial charge is 0.237 e. The lowest BCUT2D eigenvalue weighted by Crippen LogP contribution is -2.53. The van der Waals surface area contributed by atoms with Gasteiger partial charge in [-0.1, -0.05) is 18.1 Å². The summed E-state index contributed by atoms with van der Waals surface area (Å²) in [4.78, 5) is 27.5. The van der Waals surface area contributed by atoms with Gasteiger partial charge in [0.15, 0.2) is 23.2 Å². The van der Waals surface area contributed by atoms with Crippen LogP contribution in [0.2, 0.25) is 0 Å². The summed E-state index contributed by atoms with van der Waals surface area (Å²) in [7, 11) is 3.67. The largest absolute Gasteiger partial charge is 0.481 e. The lowest BCUT2D eigenvalue weighted by atomic mass is 10.0. The molecule has 12 heteroatoms. The number of amides is 1. The number of terminal acetylenes is 1. The minimum Gasteiger partial charge on any atom is -0.481 e. The minimum absolute atomic E-state index is 0.165. The van der Waals surface area contributed by atoms with Crippen LogP contribution in [0, 0.1) is 12.3 Å². The number of anilines is 1. The Hall–Kier alpha value is -3.76. The van der Waals surface area contributed by atoms with Crippen molar-refractivity contribution in [3.8, 4) is 18.1 Å². The number of imidazole rings is 1. The molecule has 1 amide bonds. The lowest BCUT2D eigenvalue weighted by molar-refractivity contribution is -0.124. The Balaban J connectivity index is 1.45. The van der Waals surface area contributed by atoms with E-state index < -0.39 is 43.0 Å². The van der Waals surface area contributed by atoms with Crippen LogP contribution in [0.3, 0.4) is 0 Å². The zero-order valence-electron chi connectivity index (χ0n) is 20.0. The summed E-state index contributed by atoms with van der Waals surface area (Å²) in [5.74, 6) is 3.14. The summed E-state index contributed by atoms with van der Waals surface area (Å²) in [6.45, 7) is -0.254. The third kappa shape index (κ3) is 5.09. The molecule has 190 valence electrons. The fourth-order valence-corrected chi connectivity index (χ4v) is 4.12. The molecule has 0 radical (unpaired) electrons. The van der Waals surface area contributed by atoms with E-state index in [2.05, 4.69) is 26.2 Å². The van der Waals surface area contributed by atoms with Gasteiger partial charge in [0.2, 0.25) is 5.91 Å². The Bertz CT molecular complexity index is 1240. The number of benzene rings is 1. The number of aliphatic hydroxyl groups excluding tert-OH is 2. The van der Waals surface area contributed by atoms with Gasteiger partial charge in [-0.25, -0.2) is 15.0 Å². The zero-order valence-corrected chi connectivity index (χ0v) is 20.0. The van der Waals surface area contributed by atoms with Gasteiger partial charge in [0.1, 0.15) is 30.9 Å². The van der Waals surface area contributed by atoms with Crippen molar-refractivity contribution < 1.29 is 24.5 Å². The van der Waals surface area contributed by atoms with Crippen LogP contribution in [0.15, 0.2) is 36.9 Å². The second-order valence-corrected chi connectivity index (χ2v) is 8.64. The second kappa shape index (κ2) is 10.9. The average molecular weight is 496 g/mol. The molecule has 0 saturated carbocycles. The molecule has 3 aromatic rings. The van der Waals surface area contributed by atoms with E-state index in [1.54, 1.807) is 33.7 Å². The van der Waals surface area contributed by atoms with E-state index in [0.29, 0.717) is 22.7 Å². The molecular weight excluding hydrogens is 466 g/mol. The fourth-order valence-electron chi connectivity index (χ4n) is 4.12. The number of nitrogens with zero attached hydrogens (tertiary/aromatic N) is 5. The molecule has 1 saturated heterocycles. The first kappa shape index (κ1) is 25.3. The highest BCUT2D eigenvalue weighted by molar-refractivity contribution is 5.83. The number of carbonyl (C=O) groups excluding carboxylic acids is 1. The van der Waals surface area contributed by atoms with Gasteiger partial charge >= 0.3 is 0 Å². The number of fused-ring (bicyclic) bond motifs is 1. The summed E-state index contributed by atoms with van der Waals surface area (Å²) in [6, 6.07) is 5.31. The summed E-state index contributed by atoms with van der Waals surface area (Å²) >= 11 is 0. The van der Waals surface area contributed by atoms with Crippen molar-refractivity contribution in [3.05, 3.63) is 42.5 Å². The minimum atomic E-state index is -1.19. The molecule has 1 unspecified atom stereocenters. The molecule has 3 heterocycles. The maximum Gasteiger partial charge on any atom is 0.237 e. The van der Waals surface area contributed by atoms with Gasteiger partial charge in [-0.05, 0) is 24.1 Å². The van der Waals surface area contributed by atoms with Gasteiger partial charge in [0.05, 0.1) is 25.0 Å². The molecule has 0 bridgehead atoms. The molecule has 5 atom stereocenters. The Morgan fingerprint density at radius 1 is 1.33 bits per heavy atom. The average Bonchev–Trinajstić information content (AvgIpc) is 3.44. The van der Waals surface area contributed by atoms with Crippen molar-refractivity contribution in [1.29, 1.82) is 0 Å². The highest BCUT2D eigenvalue weighted by Crippen LogP contribution is 2.32. The predicted molar refractivity (Wildman–Crippen MR) is 131 cm³/mol. The molecule has 5 N–H and O–H groups in total. The Labute approximate surface area is 208 Å². The number of hydrogen-bond donors (Lipinski definition) is 4. The van der Waals surface area contributed by atoms with E-state index in [4.69, 9.17) is 21.6 Å². The normalized spacial score (nSPS) is 22.2. The molecule has 0 spiro atoms. The Morgan fingerprint density at radius 2 is 2.08 bits per heavy atom. The van der Waals surface area contributed by atoms with Crippen LogP contribution in [0.5, 0.6) is 5.75 Å². The standard InChI is InChI=1S/C24H29N7O5/c1-4-9-35-15-7-5-14(6-8-15)10-16(25)23(34)29-18-17(11-32)36-24(20(18)33)31-13-28-19-21(30(2)3)26-12-27-22(19)31/h1,5-8,12-13,16-18,20,24,32-33H,9-11,25H2,2-3H3,(H,29,34)/t16-,17+,18-,20?,24+/m0/s1. The Morgan fingerprint density at radius 3 is 2.75 bits per heavy atom. The number of aromatic nitrogens is 4. The summed E-state index contributed by atoms with van der Waals surface area (Å²) in [6.07, 6.45) is 5.34. The van der Waals surface area contributed by atoms with Crippen LogP contribution >= 0.6 is 0 Å². The van der Waals surface area contributed by atoms with E-state index in [9.17, 15) is 15.0 Å². The van der Waals surface area contributed by atoms with Crippen molar-refractivity contribution in [2.75, 3.05) is 32.2 Å². The van der Waals surface area contributed by atoms with Crippen LogP contribution in [0.1, 0.15) is 11.8 Å². The first-order valence-corrected chi connectivity index (χ1v) is 11.3. The van der Waals surface area contributed by atoms with Gasteiger partial charge in [0, 0.05) is 14.1 Å². The van der Waals surface area contributed by atoms with Crippen LogP contribution in [-0.4, -0.2) is 87.2 Å². The molecule has 1 aliphatic heterocycles. The van der Waals surface area contributed by atoms with Crippen molar-refractivity contribution >= 4 is 22.9 Å². The second-order valence-electron chi connectivity index (χ2n) is 8.64. The number of nitrogens with two attached hydrogens (primary N) is 1. The highest BCUT2D eigenvalue weighted by Gasteiger charge is 2.46. The van der Waals surface area contributed by atoms with E-state index in [0.717, 1.165) is 5.56 Å². The zero-order chi connectivity index (χ0) is 25.8. The first-order valence-electron chi connectivity index (χ1n) is 11.3. The van der Waals surface area contributed by atoms with Crippen molar-refractivity contribution in [2.45, 2.75) is 36.9 Å². The van der Waals surface area contributed by atoms with E-state index in [1.807, 2.05) is 14.1 Å². The summed E-state index contributed by atoms with van der Waals surface area (Å²) in [5, 5.41) is 23.7. The van der Waals surface area contributed by atoms with Crippen LogP contribution < -0.4 is 20.7 Å². The van der Waals surface area contributed by atoms with Crippen molar-refractivity contribution in [1.82, 2.24) is 24.8 Å². The predicted octanol–water partition coefficient (Wildman–Crippen LogP) is -0.790. The maximum absolute atomic E-state index is 12.9. The molecule has 2 aromatic heterocycles. The number of rotatable bonds is 9. The van der Waals surface area contributed by atoms with Crippen LogP contribution in [0.4, 0.5) is 5.82 Å². The fraction of sp³-hybridized carbons (Fsp3) is 0.417. The quantitative estimate of drug-likeness (QED) is 0.277. The Kier molecular flexibility index (Phi) is 7.66. The molecule has 0 aliphatic carbocycles. The van der Waals surface area contributed by atoms with E-state index >= 15 is 0 Å². The number of aliphatic hydroxyl groups is 2. The number of ether oxygens (including phenoxy) is 2. The number of carbonyl (C=O) groups is 1. The topological polar surface area (TPSA) is 161 Å². The molecular formula is C24H29N7O5. The third-order valence-corrected chi connectivity index (χ3v) is 5.94. The van der Waals surface area contributed by atoms with Gasteiger partial charge < -0.3 is 35.6 Å². The number of hydrogen-bond acceptors (Lipinski definition) is 10. The van der Waals surface area contributed by atoms with Gasteiger partial charge in [-0.2, -0.15) is 0 Å². The van der Waals surface area contributed by atoms with Crippen molar-refractivity contribution in [2.24, 2.45) is 5.73 Å². The first-order chi connectivity index (χ1) is 17.3. The maximum atomic E-state index is 12.9. The summed E-state index contributed by atoms with van der Waals surface area (Å²) in [5.41, 5.74) is 7.94. The molecule has 1 fully saturated rings. The molecule has 12 nitrogen and oxygen atoms in total. The van der Waals surface area contributed by atoms with Crippen LogP contribution in [0.25, 0.3) is 11.2 Å². The van der Waals surface area contributed by atoms with Gasteiger partial charge in [0.25, 0.3) is 0 Å². The molecule has 36 heavy (non-hydrogen) atoms. The van der Waals surface area contributed by atoms with E-state index in [-0.39, 0.29) is 13.0 Å². The van der Waals surface area contributed by atoms with E-state index in [1.165, 1.54) is 12.7 Å².